The summed E-state index contributed by atoms with van der Waals surface area (Å²) in [6, 6.07) is -0.125. The first kappa shape index (κ1) is 15.5. The van der Waals surface area contributed by atoms with Crippen LogP contribution in [0.2, 0.25) is 0 Å². The van der Waals surface area contributed by atoms with Crippen LogP contribution in [-0.4, -0.2) is 62.4 Å². The first-order valence-corrected chi connectivity index (χ1v) is 8.77. The smallest absolute Gasteiger partial charge is 0.317 e. The van der Waals surface area contributed by atoms with Gasteiger partial charge in [0, 0.05) is 38.8 Å². The molecule has 0 bridgehead atoms. The van der Waals surface area contributed by atoms with Crippen LogP contribution in [-0.2, 0) is 10.2 Å². The van der Waals surface area contributed by atoms with Gasteiger partial charge in [0.2, 0.25) is 0 Å². The molecule has 0 aliphatic carbocycles. The summed E-state index contributed by atoms with van der Waals surface area (Å²) < 4.78 is 28.6. The minimum absolute atomic E-state index is 0.0617. The number of urea groups is 1. The monoisotopic (exact) mass is 304 g/mol. The number of nitrogens with one attached hydrogen (secondary N) is 2. The third-order valence-electron chi connectivity index (χ3n) is 3.83. The molecule has 2 saturated heterocycles. The Morgan fingerprint density at radius 2 is 1.75 bits per heavy atom. The fourth-order valence-corrected chi connectivity index (χ4v) is 4.22. The topological polar surface area (TPSA) is 81.8 Å². The Labute approximate surface area is 120 Å². The zero-order chi connectivity index (χ0) is 14.6. The van der Waals surface area contributed by atoms with E-state index in [1.54, 1.807) is 4.90 Å². The second-order valence-electron chi connectivity index (χ2n) is 5.33. The fourth-order valence-electron chi connectivity index (χ4n) is 2.68. The predicted molar refractivity (Wildman–Crippen MR) is 76.5 cm³/mol. The predicted octanol–water partition coefficient (Wildman–Crippen LogP) is 0.111. The van der Waals surface area contributed by atoms with E-state index in [0.29, 0.717) is 45.6 Å². The number of nitrogens with zero attached hydrogens (tertiary/aromatic N) is 2. The molecule has 2 aliphatic heterocycles. The number of carbonyl (C=O) groups excluding carboxylic acids is 1. The molecule has 8 heteroatoms. The maximum atomic E-state index is 12.1. The molecule has 0 aromatic heterocycles. The van der Waals surface area contributed by atoms with Crippen LogP contribution in [0.1, 0.15) is 32.6 Å². The van der Waals surface area contributed by atoms with E-state index >= 15 is 0 Å². The lowest BCUT2D eigenvalue weighted by atomic mass is 10.1. The number of likely N-dealkylation sites (tertiary alicyclic amines) is 1. The van der Waals surface area contributed by atoms with Crippen molar-refractivity contribution in [3.05, 3.63) is 0 Å². The van der Waals surface area contributed by atoms with Gasteiger partial charge in [0.25, 0.3) is 10.2 Å². The number of hydrogen-bond acceptors (Lipinski definition) is 3. The quantitative estimate of drug-likeness (QED) is 0.773. The van der Waals surface area contributed by atoms with Gasteiger partial charge < -0.3 is 10.2 Å². The molecule has 2 aliphatic rings. The van der Waals surface area contributed by atoms with Crippen molar-refractivity contribution < 1.29 is 13.2 Å². The Balaban J connectivity index is 1.80. The highest BCUT2D eigenvalue weighted by atomic mass is 32.2. The van der Waals surface area contributed by atoms with Crippen molar-refractivity contribution in [2.45, 2.75) is 38.6 Å². The average molecular weight is 304 g/mol. The summed E-state index contributed by atoms with van der Waals surface area (Å²) in [4.78, 5) is 13.4. The molecule has 116 valence electrons. The molecule has 0 spiro atoms. The fraction of sp³-hybridized carbons (Fsp3) is 0.917. The van der Waals surface area contributed by atoms with E-state index in [4.69, 9.17) is 0 Å². The molecule has 0 saturated carbocycles. The number of carbonyl (C=O) groups is 1. The Kier molecular flexibility index (Phi) is 5.22. The molecule has 0 aromatic carbocycles. The van der Waals surface area contributed by atoms with E-state index < -0.39 is 10.2 Å². The minimum atomic E-state index is -3.34. The van der Waals surface area contributed by atoms with Crippen molar-refractivity contribution in [2.75, 3.05) is 32.7 Å². The second-order valence-corrected chi connectivity index (χ2v) is 7.03. The first-order valence-electron chi connectivity index (χ1n) is 7.33. The van der Waals surface area contributed by atoms with Crippen molar-refractivity contribution in [3.63, 3.8) is 0 Å². The molecule has 7 nitrogen and oxygen atoms in total. The Bertz CT molecular complexity index is 426. The SMILES string of the molecule is CCNC(=O)N1CCC(NS(=O)(=O)N2CCCC2)CC1. The second kappa shape index (κ2) is 6.73. The summed E-state index contributed by atoms with van der Waals surface area (Å²) in [7, 11) is -3.34. The average Bonchev–Trinajstić information content (AvgIpc) is 2.94. The normalized spacial score (nSPS) is 22.1. The molecule has 0 unspecified atom stereocenters. The van der Waals surface area contributed by atoms with Crippen LogP contribution in [0.15, 0.2) is 0 Å². The van der Waals surface area contributed by atoms with Crippen molar-refractivity contribution in [2.24, 2.45) is 0 Å². The summed E-state index contributed by atoms with van der Waals surface area (Å²) in [5.74, 6) is 0. The Morgan fingerprint density at radius 3 is 2.30 bits per heavy atom. The lowest BCUT2D eigenvalue weighted by Gasteiger charge is -2.32. The third-order valence-corrected chi connectivity index (χ3v) is 5.51. The summed E-state index contributed by atoms with van der Waals surface area (Å²) in [5, 5.41) is 2.76. The van der Waals surface area contributed by atoms with Gasteiger partial charge >= 0.3 is 6.03 Å². The van der Waals surface area contributed by atoms with Crippen molar-refractivity contribution >= 4 is 16.2 Å². The van der Waals surface area contributed by atoms with Crippen LogP contribution < -0.4 is 10.0 Å². The molecule has 0 atom stereocenters. The summed E-state index contributed by atoms with van der Waals surface area (Å²) in [5.41, 5.74) is 0. The van der Waals surface area contributed by atoms with Gasteiger partial charge in [0.1, 0.15) is 0 Å². The molecular formula is C12H24N4O3S. The maximum absolute atomic E-state index is 12.1. The zero-order valence-electron chi connectivity index (χ0n) is 12.0. The van der Waals surface area contributed by atoms with Gasteiger partial charge in [-0.2, -0.15) is 17.4 Å². The molecular weight excluding hydrogens is 280 g/mol. The van der Waals surface area contributed by atoms with Crippen LogP contribution in [0.25, 0.3) is 0 Å². The van der Waals surface area contributed by atoms with Gasteiger partial charge in [0.15, 0.2) is 0 Å². The van der Waals surface area contributed by atoms with Gasteiger partial charge in [-0.05, 0) is 32.6 Å². The van der Waals surface area contributed by atoms with E-state index in [9.17, 15) is 13.2 Å². The van der Waals surface area contributed by atoms with Gasteiger partial charge in [-0.3, -0.25) is 0 Å². The van der Waals surface area contributed by atoms with Gasteiger partial charge in [-0.1, -0.05) is 0 Å². The highest BCUT2D eigenvalue weighted by Gasteiger charge is 2.30. The molecule has 2 rings (SSSR count). The van der Waals surface area contributed by atoms with E-state index in [-0.39, 0.29) is 12.1 Å². The molecule has 0 aromatic rings. The van der Waals surface area contributed by atoms with E-state index in [1.807, 2.05) is 6.92 Å². The lowest BCUT2D eigenvalue weighted by Crippen LogP contribution is -2.51. The molecule has 0 radical (unpaired) electrons. The van der Waals surface area contributed by atoms with Crippen molar-refractivity contribution in [1.29, 1.82) is 0 Å². The van der Waals surface area contributed by atoms with E-state index in [1.165, 1.54) is 4.31 Å². The van der Waals surface area contributed by atoms with Gasteiger partial charge in [-0.25, -0.2) is 4.79 Å². The van der Waals surface area contributed by atoms with Crippen LogP contribution in [0.5, 0.6) is 0 Å². The minimum Gasteiger partial charge on any atom is -0.338 e. The van der Waals surface area contributed by atoms with Crippen LogP contribution in [0.4, 0.5) is 4.79 Å². The highest BCUT2D eigenvalue weighted by Crippen LogP contribution is 2.15. The van der Waals surface area contributed by atoms with Gasteiger partial charge in [0.05, 0.1) is 0 Å². The molecule has 2 N–H and O–H groups in total. The van der Waals surface area contributed by atoms with Gasteiger partial charge in [-0.15, -0.1) is 0 Å². The number of rotatable bonds is 4. The molecule has 2 heterocycles. The summed E-state index contributed by atoms with van der Waals surface area (Å²) >= 11 is 0. The Hall–Kier alpha value is -0.860. The number of piperidine rings is 1. The standard InChI is InChI=1S/C12H24N4O3S/c1-2-13-12(17)15-9-5-11(6-10-15)14-20(18,19)16-7-3-4-8-16/h11,14H,2-10H2,1H3,(H,13,17). The van der Waals surface area contributed by atoms with Crippen molar-refractivity contribution in [3.8, 4) is 0 Å². The zero-order valence-corrected chi connectivity index (χ0v) is 12.8. The third kappa shape index (κ3) is 3.83. The van der Waals surface area contributed by atoms with Crippen LogP contribution in [0, 0.1) is 0 Å². The molecule has 2 amide bonds. The van der Waals surface area contributed by atoms with Crippen molar-refractivity contribution in [1.82, 2.24) is 19.2 Å². The number of hydrogen-bond donors (Lipinski definition) is 2. The number of amides is 2. The lowest BCUT2D eigenvalue weighted by molar-refractivity contribution is 0.180. The van der Waals surface area contributed by atoms with Crippen LogP contribution in [0.3, 0.4) is 0 Å². The molecule has 20 heavy (non-hydrogen) atoms. The summed E-state index contributed by atoms with van der Waals surface area (Å²) in [6.07, 6.45) is 3.22. The molecule has 2 fully saturated rings. The van der Waals surface area contributed by atoms with E-state index in [2.05, 4.69) is 10.0 Å². The summed E-state index contributed by atoms with van der Waals surface area (Å²) in [6.45, 7) is 4.92. The highest BCUT2D eigenvalue weighted by molar-refractivity contribution is 7.87. The maximum Gasteiger partial charge on any atom is 0.317 e. The van der Waals surface area contributed by atoms with E-state index in [0.717, 1.165) is 12.8 Å². The largest absolute Gasteiger partial charge is 0.338 e. The first-order chi connectivity index (χ1) is 9.53. The van der Waals surface area contributed by atoms with Crippen LogP contribution >= 0.6 is 0 Å². The Morgan fingerprint density at radius 1 is 1.15 bits per heavy atom.